The molecule has 7 heteroatoms. The molecule has 3 rings (SSSR count). The summed E-state index contributed by atoms with van der Waals surface area (Å²) in [7, 11) is -3.44. The van der Waals surface area contributed by atoms with Gasteiger partial charge in [-0.25, -0.2) is 8.42 Å². The first kappa shape index (κ1) is 19.5. The van der Waals surface area contributed by atoms with Crippen LogP contribution in [0.3, 0.4) is 0 Å². The molecule has 0 radical (unpaired) electrons. The average molecular weight is 394 g/mol. The van der Waals surface area contributed by atoms with Crippen LogP contribution in [0.15, 0.2) is 34.1 Å². The van der Waals surface area contributed by atoms with E-state index in [1.807, 2.05) is 11.6 Å². The van der Waals surface area contributed by atoms with Gasteiger partial charge in [0.1, 0.15) is 4.90 Å². The number of sulfonamides is 1. The van der Waals surface area contributed by atoms with Gasteiger partial charge in [-0.1, -0.05) is 24.1 Å². The minimum atomic E-state index is -3.44. The van der Waals surface area contributed by atoms with Crippen LogP contribution in [-0.4, -0.2) is 41.3 Å². The van der Waals surface area contributed by atoms with Crippen molar-refractivity contribution in [3.8, 4) is 0 Å². The van der Waals surface area contributed by atoms with Crippen molar-refractivity contribution in [2.45, 2.75) is 56.4 Å². The lowest BCUT2D eigenvalue weighted by atomic mass is 10.2. The summed E-state index contributed by atoms with van der Waals surface area (Å²) < 4.78 is 29.5. The van der Waals surface area contributed by atoms with Crippen LogP contribution >= 0.6 is 11.8 Å². The van der Waals surface area contributed by atoms with Crippen molar-refractivity contribution in [1.82, 2.24) is 14.1 Å². The van der Waals surface area contributed by atoms with Crippen LogP contribution in [0.1, 0.15) is 36.2 Å². The molecule has 1 fully saturated rings. The van der Waals surface area contributed by atoms with E-state index in [9.17, 15) is 8.42 Å². The highest BCUT2D eigenvalue weighted by molar-refractivity contribution is 7.99. The predicted octanol–water partition coefficient (Wildman–Crippen LogP) is 3.78. The summed E-state index contributed by atoms with van der Waals surface area (Å²) >= 11 is 1.76. The monoisotopic (exact) mass is 393 g/mol. The van der Waals surface area contributed by atoms with Crippen LogP contribution in [-0.2, 0) is 16.6 Å². The lowest BCUT2D eigenvalue weighted by Crippen LogP contribution is -2.36. The fraction of sp³-hybridized carbons (Fsp3) is 0.526. The summed E-state index contributed by atoms with van der Waals surface area (Å²) in [5, 5.41) is 4.51. The van der Waals surface area contributed by atoms with Gasteiger partial charge in [0, 0.05) is 23.7 Å². The van der Waals surface area contributed by atoms with Crippen LogP contribution in [0.5, 0.6) is 0 Å². The predicted molar refractivity (Wildman–Crippen MR) is 106 cm³/mol. The van der Waals surface area contributed by atoms with Crippen molar-refractivity contribution in [2.24, 2.45) is 0 Å². The highest BCUT2D eigenvalue weighted by Gasteiger charge is 2.31. The van der Waals surface area contributed by atoms with Crippen molar-refractivity contribution >= 4 is 21.8 Å². The minimum absolute atomic E-state index is 0.403. The zero-order valence-corrected chi connectivity index (χ0v) is 17.4. The summed E-state index contributed by atoms with van der Waals surface area (Å²) in [5.74, 6) is 0.855. The molecule has 142 valence electrons. The summed E-state index contributed by atoms with van der Waals surface area (Å²) in [4.78, 5) is 1.62. The van der Waals surface area contributed by atoms with Crippen molar-refractivity contribution in [1.29, 1.82) is 0 Å². The topological polar surface area (TPSA) is 55.2 Å². The molecule has 0 bridgehead atoms. The Morgan fingerprint density at radius 1 is 1.04 bits per heavy atom. The minimum Gasteiger partial charge on any atom is -0.267 e. The van der Waals surface area contributed by atoms with Gasteiger partial charge < -0.3 is 0 Å². The summed E-state index contributed by atoms with van der Waals surface area (Å²) in [5.41, 5.74) is 2.60. The van der Waals surface area contributed by atoms with Crippen molar-refractivity contribution < 1.29 is 8.42 Å². The molecular weight excluding hydrogens is 366 g/mol. The van der Waals surface area contributed by atoms with Gasteiger partial charge in [0.25, 0.3) is 0 Å². The third kappa shape index (κ3) is 4.15. The van der Waals surface area contributed by atoms with Crippen LogP contribution in [0.2, 0.25) is 0 Å². The average Bonchev–Trinajstić information content (AvgIpc) is 2.92. The van der Waals surface area contributed by atoms with E-state index >= 15 is 0 Å². The van der Waals surface area contributed by atoms with E-state index in [0.717, 1.165) is 30.7 Å². The van der Waals surface area contributed by atoms with E-state index in [0.29, 0.717) is 30.2 Å². The SMILES string of the molecule is Cc1ccc(SCCn2nc(C)c(S(=O)(=O)N3CCCCC3)c2C)cc1. The standard InChI is InChI=1S/C19H27N3O2S2/c1-15-7-9-18(10-8-15)25-14-13-22-17(3)19(16(2)20-22)26(23,24)21-11-5-4-6-12-21/h7-10H,4-6,11-14H2,1-3H3. The quantitative estimate of drug-likeness (QED) is 0.701. The molecular formula is C19H27N3O2S2. The van der Waals surface area contributed by atoms with Crippen molar-refractivity contribution in [3.63, 3.8) is 0 Å². The number of aryl methyl sites for hydroxylation is 3. The lowest BCUT2D eigenvalue weighted by Gasteiger charge is -2.26. The summed E-state index contributed by atoms with van der Waals surface area (Å²) in [6.45, 7) is 7.68. The van der Waals surface area contributed by atoms with Gasteiger partial charge >= 0.3 is 0 Å². The zero-order valence-electron chi connectivity index (χ0n) is 15.7. The van der Waals surface area contributed by atoms with Gasteiger partial charge in [-0.2, -0.15) is 9.40 Å². The second-order valence-electron chi connectivity index (χ2n) is 6.85. The Labute approximate surface area is 160 Å². The number of rotatable bonds is 6. The molecule has 1 aliphatic rings. The molecule has 0 N–H and O–H groups in total. The Hall–Kier alpha value is -1.31. The zero-order chi connectivity index (χ0) is 18.7. The number of aromatic nitrogens is 2. The number of hydrogen-bond donors (Lipinski definition) is 0. The number of benzene rings is 1. The Morgan fingerprint density at radius 2 is 1.69 bits per heavy atom. The van der Waals surface area contributed by atoms with E-state index in [1.165, 1.54) is 10.5 Å². The molecule has 1 aromatic heterocycles. The Kier molecular flexibility index (Phi) is 6.10. The molecule has 1 saturated heterocycles. The van der Waals surface area contributed by atoms with Crippen LogP contribution < -0.4 is 0 Å². The van der Waals surface area contributed by atoms with Gasteiger partial charge in [-0.15, -0.1) is 11.8 Å². The Bertz CT molecular complexity index is 852. The van der Waals surface area contributed by atoms with Gasteiger partial charge in [0.2, 0.25) is 10.0 Å². The maximum atomic E-state index is 13.0. The number of nitrogens with zero attached hydrogens (tertiary/aromatic N) is 3. The molecule has 2 aromatic rings. The van der Waals surface area contributed by atoms with E-state index in [2.05, 4.69) is 36.3 Å². The highest BCUT2D eigenvalue weighted by atomic mass is 32.2. The molecule has 0 aliphatic carbocycles. The highest BCUT2D eigenvalue weighted by Crippen LogP contribution is 2.26. The number of hydrogen-bond acceptors (Lipinski definition) is 4. The van der Waals surface area contributed by atoms with E-state index in [4.69, 9.17) is 0 Å². The largest absolute Gasteiger partial charge is 0.267 e. The third-order valence-electron chi connectivity index (χ3n) is 4.82. The van der Waals surface area contributed by atoms with Crippen LogP contribution in [0.25, 0.3) is 0 Å². The molecule has 0 amide bonds. The van der Waals surface area contributed by atoms with E-state index < -0.39 is 10.0 Å². The van der Waals surface area contributed by atoms with Gasteiger partial charge in [-0.05, 0) is 45.7 Å². The van der Waals surface area contributed by atoms with Crippen molar-refractivity contribution in [3.05, 3.63) is 41.2 Å². The molecule has 0 spiro atoms. The fourth-order valence-corrected chi connectivity index (χ4v) is 6.11. The second-order valence-corrected chi connectivity index (χ2v) is 9.89. The molecule has 2 heterocycles. The summed E-state index contributed by atoms with van der Waals surface area (Å²) in [6.07, 6.45) is 3.00. The first-order valence-corrected chi connectivity index (χ1v) is 11.6. The molecule has 1 aliphatic heterocycles. The number of piperidine rings is 1. The normalized spacial score (nSPS) is 16.1. The lowest BCUT2D eigenvalue weighted by molar-refractivity contribution is 0.346. The molecule has 5 nitrogen and oxygen atoms in total. The molecule has 0 unspecified atom stereocenters. The molecule has 1 aromatic carbocycles. The Balaban J connectivity index is 1.72. The fourth-order valence-electron chi connectivity index (χ4n) is 3.39. The second kappa shape index (κ2) is 8.15. The van der Waals surface area contributed by atoms with Gasteiger partial charge in [-0.3, -0.25) is 4.68 Å². The maximum Gasteiger partial charge on any atom is 0.246 e. The van der Waals surface area contributed by atoms with Crippen LogP contribution in [0, 0.1) is 20.8 Å². The van der Waals surface area contributed by atoms with Gasteiger partial charge in [0.15, 0.2) is 0 Å². The summed E-state index contributed by atoms with van der Waals surface area (Å²) in [6, 6.07) is 8.45. The third-order valence-corrected chi connectivity index (χ3v) is 7.96. The first-order chi connectivity index (χ1) is 12.4. The van der Waals surface area contributed by atoms with E-state index in [-0.39, 0.29) is 0 Å². The van der Waals surface area contributed by atoms with Gasteiger partial charge in [0.05, 0.1) is 17.9 Å². The Morgan fingerprint density at radius 3 is 2.35 bits per heavy atom. The van der Waals surface area contributed by atoms with Crippen molar-refractivity contribution in [2.75, 3.05) is 18.8 Å². The van der Waals surface area contributed by atoms with Crippen LogP contribution in [0.4, 0.5) is 0 Å². The molecule has 0 saturated carbocycles. The molecule has 0 atom stereocenters. The van der Waals surface area contributed by atoms with E-state index in [1.54, 1.807) is 23.0 Å². The smallest absolute Gasteiger partial charge is 0.246 e. The first-order valence-electron chi connectivity index (χ1n) is 9.13. The number of thioether (sulfide) groups is 1. The maximum absolute atomic E-state index is 13.0. The molecule has 26 heavy (non-hydrogen) atoms.